The second-order valence-corrected chi connectivity index (χ2v) is 9.60. The van der Waals surface area contributed by atoms with E-state index < -0.39 is 5.97 Å². The fraction of sp³-hybridized carbons (Fsp3) is 0.222. The normalized spacial score (nSPS) is 15.8. The van der Waals surface area contributed by atoms with Crippen LogP contribution in [-0.2, 0) is 11.2 Å². The maximum absolute atomic E-state index is 12.8. The van der Waals surface area contributed by atoms with Gasteiger partial charge in [0.15, 0.2) is 0 Å². The Hall–Kier alpha value is -3.75. The van der Waals surface area contributed by atoms with Crippen molar-refractivity contribution in [3.63, 3.8) is 0 Å². The standard InChI is InChI=1S/C27H25N3O4S/c31-25(29-18-9-11-20(12-10-18)34-21-6-3-13-28-16-21)17-30-14-4-5-19(30)15-23-22-7-1-2-8-24(22)35-26(23)27(32)33/h1-3,6-13,16,19H,4-5,14-15,17H2,(H,29,31)(H,32,33). The number of nitrogens with one attached hydrogen (secondary N) is 1. The monoisotopic (exact) mass is 487 g/mol. The molecule has 1 aliphatic rings. The summed E-state index contributed by atoms with van der Waals surface area (Å²) in [5.74, 6) is 0.326. The molecule has 0 spiro atoms. The third-order valence-corrected chi connectivity index (χ3v) is 7.39. The number of carbonyl (C=O) groups excluding carboxylic acids is 1. The van der Waals surface area contributed by atoms with Gasteiger partial charge in [0.2, 0.25) is 5.91 Å². The van der Waals surface area contributed by atoms with E-state index in [2.05, 4.69) is 15.2 Å². The topological polar surface area (TPSA) is 91.8 Å². The summed E-state index contributed by atoms with van der Waals surface area (Å²) in [5, 5.41) is 13.7. The summed E-state index contributed by atoms with van der Waals surface area (Å²) >= 11 is 1.32. The Morgan fingerprint density at radius 3 is 2.69 bits per heavy atom. The van der Waals surface area contributed by atoms with Gasteiger partial charge in [0.25, 0.3) is 0 Å². The molecular weight excluding hydrogens is 462 g/mol. The molecule has 0 aliphatic carbocycles. The molecule has 0 bridgehead atoms. The second-order valence-electron chi connectivity index (χ2n) is 8.55. The molecule has 0 radical (unpaired) electrons. The van der Waals surface area contributed by atoms with Crippen molar-refractivity contribution >= 4 is 39.0 Å². The van der Waals surface area contributed by atoms with Crippen LogP contribution in [0.2, 0.25) is 0 Å². The number of ether oxygens (including phenoxy) is 1. The van der Waals surface area contributed by atoms with Crippen LogP contribution in [0.15, 0.2) is 73.1 Å². The smallest absolute Gasteiger partial charge is 0.346 e. The van der Waals surface area contributed by atoms with Gasteiger partial charge in [-0.3, -0.25) is 14.7 Å². The highest BCUT2D eigenvalue weighted by Gasteiger charge is 2.29. The number of rotatable bonds is 8. The Kier molecular flexibility index (Phi) is 6.74. The van der Waals surface area contributed by atoms with Crippen LogP contribution < -0.4 is 10.1 Å². The van der Waals surface area contributed by atoms with Crippen molar-refractivity contribution in [3.05, 3.63) is 83.5 Å². The number of fused-ring (bicyclic) bond motifs is 1. The van der Waals surface area contributed by atoms with Crippen molar-refractivity contribution in [2.24, 2.45) is 0 Å². The lowest BCUT2D eigenvalue weighted by molar-refractivity contribution is -0.117. The lowest BCUT2D eigenvalue weighted by atomic mass is 10.0. The number of carboxylic acid groups (broad SMARTS) is 1. The zero-order chi connectivity index (χ0) is 24.2. The van der Waals surface area contributed by atoms with E-state index in [0.717, 1.165) is 35.0 Å². The molecule has 2 aromatic carbocycles. The van der Waals surface area contributed by atoms with Gasteiger partial charge in [-0.1, -0.05) is 18.2 Å². The van der Waals surface area contributed by atoms with Crippen LogP contribution in [0.4, 0.5) is 5.69 Å². The summed E-state index contributed by atoms with van der Waals surface area (Å²) in [7, 11) is 0. The first-order valence-electron chi connectivity index (χ1n) is 11.5. The molecule has 0 saturated carbocycles. The van der Waals surface area contributed by atoms with Crippen molar-refractivity contribution in [1.29, 1.82) is 0 Å². The van der Waals surface area contributed by atoms with E-state index in [1.54, 1.807) is 30.6 Å². The molecule has 1 saturated heterocycles. The molecular formula is C27H25N3O4S. The summed E-state index contributed by atoms with van der Waals surface area (Å²) in [6, 6.07) is 18.8. The first-order valence-corrected chi connectivity index (χ1v) is 12.3. The predicted octanol–water partition coefficient (Wildman–Crippen LogP) is 5.43. The summed E-state index contributed by atoms with van der Waals surface area (Å²) in [5.41, 5.74) is 1.57. The highest BCUT2D eigenvalue weighted by atomic mass is 32.1. The predicted molar refractivity (Wildman–Crippen MR) is 136 cm³/mol. The first kappa shape index (κ1) is 23.0. The molecule has 1 atom stereocenters. The quantitative estimate of drug-likeness (QED) is 0.344. The molecule has 1 aliphatic heterocycles. The molecule has 1 fully saturated rings. The van der Waals surface area contributed by atoms with E-state index in [1.807, 2.05) is 42.5 Å². The molecule has 178 valence electrons. The average molecular weight is 488 g/mol. The molecule has 35 heavy (non-hydrogen) atoms. The molecule has 7 nitrogen and oxygen atoms in total. The van der Waals surface area contributed by atoms with Gasteiger partial charge in [0.05, 0.1) is 12.7 Å². The Balaban J connectivity index is 1.22. The van der Waals surface area contributed by atoms with Crippen LogP contribution in [0.25, 0.3) is 10.1 Å². The number of hydrogen-bond donors (Lipinski definition) is 2. The number of aromatic nitrogens is 1. The van der Waals surface area contributed by atoms with Crippen molar-refractivity contribution in [2.45, 2.75) is 25.3 Å². The highest BCUT2D eigenvalue weighted by molar-refractivity contribution is 7.21. The minimum atomic E-state index is -0.889. The van der Waals surface area contributed by atoms with Gasteiger partial charge < -0.3 is 15.2 Å². The first-order chi connectivity index (χ1) is 17.1. The molecule has 1 unspecified atom stereocenters. The minimum Gasteiger partial charge on any atom is -0.477 e. The number of carboxylic acids is 1. The molecule has 2 N–H and O–H groups in total. The number of carbonyl (C=O) groups is 2. The molecule has 1 amide bonds. The number of nitrogens with zero attached hydrogens (tertiary/aromatic N) is 2. The summed E-state index contributed by atoms with van der Waals surface area (Å²) in [6.07, 6.45) is 5.88. The average Bonchev–Trinajstić information content (AvgIpc) is 3.46. The summed E-state index contributed by atoms with van der Waals surface area (Å²) < 4.78 is 6.73. The molecule has 4 aromatic rings. The van der Waals surface area contributed by atoms with Gasteiger partial charge in [-0.25, -0.2) is 4.79 Å². The largest absolute Gasteiger partial charge is 0.477 e. The van der Waals surface area contributed by atoms with Gasteiger partial charge in [-0.2, -0.15) is 0 Å². The maximum atomic E-state index is 12.8. The Morgan fingerprint density at radius 1 is 1.09 bits per heavy atom. The molecule has 5 rings (SSSR count). The van der Waals surface area contributed by atoms with Crippen LogP contribution >= 0.6 is 11.3 Å². The zero-order valence-corrected chi connectivity index (χ0v) is 19.8. The van der Waals surface area contributed by atoms with E-state index in [9.17, 15) is 14.7 Å². The fourth-order valence-electron chi connectivity index (χ4n) is 4.58. The summed E-state index contributed by atoms with van der Waals surface area (Å²) in [6.45, 7) is 1.09. The van der Waals surface area contributed by atoms with Crippen molar-refractivity contribution in [3.8, 4) is 11.5 Å². The number of pyridine rings is 1. The molecule has 2 aromatic heterocycles. The zero-order valence-electron chi connectivity index (χ0n) is 19.0. The number of thiophene rings is 1. The Labute approximate surface area is 207 Å². The van der Waals surface area contributed by atoms with Gasteiger partial charge in [-0.15, -0.1) is 11.3 Å². The molecule has 3 heterocycles. The van der Waals surface area contributed by atoms with Crippen LogP contribution in [-0.4, -0.2) is 46.0 Å². The third-order valence-electron chi connectivity index (χ3n) is 6.19. The number of amides is 1. The van der Waals surface area contributed by atoms with E-state index in [0.29, 0.717) is 28.5 Å². The maximum Gasteiger partial charge on any atom is 0.346 e. The Bertz CT molecular complexity index is 1340. The van der Waals surface area contributed by atoms with Gasteiger partial charge in [0.1, 0.15) is 16.4 Å². The van der Waals surface area contributed by atoms with E-state index >= 15 is 0 Å². The number of aromatic carboxylic acids is 1. The van der Waals surface area contributed by atoms with Crippen LogP contribution in [0.5, 0.6) is 11.5 Å². The number of hydrogen-bond acceptors (Lipinski definition) is 6. The third kappa shape index (κ3) is 5.34. The van der Waals surface area contributed by atoms with Crippen molar-refractivity contribution in [1.82, 2.24) is 9.88 Å². The SMILES string of the molecule is O=C(CN1CCCC1Cc1c(C(=O)O)sc2ccccc12)Nc1ccc(Oc2cccnc2)cc1. The van der Waals surface area contributed by atoms with Crippen molar-refractivity contribution in [2.75, 3.05) is 18.4 Å². The number of anilines is 1. The Morgan fingerprint density at radius 2 is 1.91 bits per heavy atom. The lowest BCUT2D eigenvalue weighted by Gasteiger charge is -2.24. The van der Waals surface area contributed by atoms with E-state index in [1.165, 1.54) is 11.3 Å². The van der Waals surface area contributed by atoms with Crippen LogP contribution in [0, 0.1) is 0 Å². The number of likely N-dealkylation sites (tertiary alicyclic amines) is 1. The van der Waals surface area contributed by atoms with Gasteiger partial charge >= 0.3 is 5.97 Å². The number of benzene rings is 2. The van der Waals surface area contributed by atoms with Gasteiger partial charge in [-0.05, 0) is 79.2 Å². The van der Waals surface area contributed by atoms with E-state index in [4.69, 9.17) is 4.74 Å². The molecule has 8 heteroatoms. The second kappa shape index (κ2) is 10.2. The minimum absolute atomic E-state index is 0.0912. The van der Waals surface area contributed by atoms with Crippen LogP contribution in [0.3, 0.4) is 0 Å². The fourth-order valence-corrected chi connectivity index (χ4v) is 5.65. The summed E-state index contributed by atoms with van der Waals surface area (Å²) in [4.78, 5) is 31.3. The van der Waals surface area contributed by atoms with Crippen molar-refractivity contribution < 1.29 is 19.4 Å². The van der Waals surface area contributed by atoms with Gasteiger partial charge in [0, 0.05) is 22.6 Å². The van der Waals surface area contributed by atoms with E-state index in [-0.39, 0.29) is 18.5 Å². The van der Waals surface area contributed by atoms with Crippen LogP contribution in [0.1, 0.15) is 28.1 Å². The lowest BCUT2D eigenvalue weighted by Crippen LogP contribution is -2.38. The highest BCUT2D eigenvalue weighted by Crippen LogP contribution is 2.34.